The number of aliphatic hydroxyl groups is 1. The number of hydrogen-bond acceptors (Lipinski definition) is 7. The highest BCUT2D eigenvalue weighted by molar-refractivity contribution is 5.76. The molecular formula is C38H43N3O6. The molecule has 1 aliphatic rings. The Morgan fingerprint density at radius 2 is 1.68 bits per heavy atom. The number of pyridine rings is 1. The Kier molecular flexibility index (Phi) is 12.2. The van der Waals surface area contributed by atoms with Crippen molar-refractivity contribution in [3.05, 3.63) is 125 Å². The quantitative estimate of drug-likeness (QED) is 0.149. The minimum atomic E-state index is -0.897. The second kappa shape index (κ2) is 16.9. The lowest BCUT2D eigenvalue weighted by Gasteiger charge is -2.38. The third-order valence-corrected chi connectivity index (χ3v) is 8.33. The fraction of sp³-hybridized carbons (Fsp3) is 0.342. The average Bonchev–Trinajstić information content (AvgIpc) is 3.10. The van der Waals surface area contributed by atoms with Crippen LogP contribution < -0.4 is 5.32 Å². The molecule has 0 radical (unpaired) electrons. The van der Waals surface area contributed by atoms with Crippen LogP contribution in [-0.2, 0) is 38.6 Å². The summed E-state index contributed by atoms with van der Waals surface area (Å²) in [6.07, 6.45) is 3.13. The van der Waals surface area contributed by atoms with Gasteiger partial charge in [0, 0.05) is 62.8 Å². The van der Waals surface area contributed by atoms with Gasteiger partial charge in [-0.3, -0.25) is 14.6 Å². The normalized spacial score (nSPS) is 17.8. The Morgan fingerprint density at radius 3 is 2.40 bits per heavy atom. The number of aliphatic hydroxyl groups excluding tert-OH is 1. The summed E-state index contributed by atoms with van der Waals surface area (Å²) in [5.74, 6) is -1.06. The van der Waals surface area contributed by atoms with Gasteiger partial charge in [0.05, 0.1) is 18.8 Å². The minimum absolute atomic E-state index is 0.000276. The summed E-state index contributed by atoms with van der Waals surface area (Å²) < 4.78 is 13.1. The number of likely N-dealkylation sites (N-methyl/N-ethyl adjacent to an activating group) is 1. The highest BCUT2D eigenvalue weighted by Gasteiger charge is 2.32. The number of hydrogen-bond donors (Lipinski definition) is 3. The van der Waals surface area contributed by atoms with Gasteiger partial charge < -0.3 is 29.9 Å². The number of nitrogens with zero attached hydrogens (tertiary/aromatic N) is 2. The van der Waals surface area contributed by atoms with Gasteiger partial charge >= 0.3 is 5.97 Å². The molecule has 2 heterocycles. The first-order chi connectivity index (χ1) is 22.9. The van der Waals surface area contributed by atoms with E-state index in [1.165, 1.54) is 0 Å². The lowest BCUT2D eigenvalue weighted by atomic mass is 9.99. The third kappa shape index (κ3) is 10.3. The summed E-state index contributed by atoms with van der Waals surface area (Å²) in [4.78, 5) is 29.5. The molecule has 9 nitrogen and oxygen atoms in total. The van der Waals surface area contributed by atoms with Crippen molar-refractivity contribution < 1.29 is 29.3 Å². The summed E-state index contributed by atoms with van der Waals surface area (Å²) in [7, 11) is 2.11. The van der Waals surface area contributed by atoms with E-state index in [9.17, 15) is 14.7 Å². The van der Waals surface area contributed by atoms with E-state index in [4.69, 9.17) is 14.6 Å². The zero-order chi connectivity index (χ0) is 33.0. The number of amides is 1. The van der Waals surface area contributed by atoms with Crippen molar-refractivity contribution in [2.75, 3.05) is 20.1 Å². The fourth-order valence-electron chi connectivity index (χ4n) is 5.71. The molecule has 1 aromatic heterocycles. The molecule has 3 atom stereocenters. The zero-order valence-electron chi connectivity index (χ0n) is 26.8. The van der Waals surface area contributed by atoms with Crippen LogP contribution in [0.1, 0.15) is 66.0 Å². The van der Waals surface area contributed by atoms with Gasteiger partial charge in [-0.2, -0.15) is 0 Å². The summed E-state index contributed by atoms with van der Waals surface area (Å²) in [5.41, 5.74) is 6.92. The first-order valence-electron chi connectivity index (χ1n) is 16.1. The second-order valence-electron chi connectivity index (χ2n) is 12.0. The number of rotatable bonds is 15. The summed E-state index contributed by atoms with van der Waals surface area (Å²) in [5, 5.41) is 21.2. The van der Waals surface area contributed by atoms with Crippen LogP contribution in [0.15, 0.2) is 97.2 Å². The molecule has 0 bridgehead atoms. The molecule has 9 heteroatoms. The molecule has 3 aromatic carbocycles. The van der Waals surface area contributed by atoms with Gasteiger partial charge in [0.15, 0.2) is 6.29 Å². The lowest BCUT2D eigenvalue weighted by molar-refractivity contribution is -0.252. The van der Waals surface area contributed by atoms with Crippen LogP contribution in [0.3, 0.4) is 0 Å². The van der Waals surface area contributed by atoms with Crippen molar-refractivity contribution in [2.45, 2.75) is 63.8 Å². The summed E-state index contributed by atoms with van der Waals surface area (Å²) in [6.45, 7) is 1.99. The lowest BCUT2D eigenvalue weighted by Crippen LogP contribution is -2.38. The van der Waals surface area contributed by atoms with Crippen molar-refractivity contribution >= 4 is 11.9 Å². The molecule has 1 fully saturated rings. The predicted molar refractivity (Wildman–Crippen MR) is 179 cm³/mol. The molecule has 5 rings (SSSR count). The number of ether oxygens (including phenoxy) is 2. The molecule has 1 amide bonds. The second-order valence-corrected chi connectivity index (χ2v) is 12.0. The van der Waals surface area contributed by atoms with E-state index in [-0.39, 0.29) is 37.6 Å². The van der Waals surface area contributed by atoms with Crippen LogP contribution in [-0.4, -0.2) is 58.2 Å². The maximum absolute atomic E-state index is 12.1. The average molecular weight is 638 g/mol. The van der Waals surface area contributed by atoms with Crippen LogP contribution >= 0.6 is 0 Å². The number of aliphatic carboxylic acids is 1. The van der Waals surface area contributed by atoms with Crippen molar-refractivity contribution in [2.24, 2.45) is 0 Å². The Balaban J connectivity index is 1.25. The van der Waals surface area contributed by atoms with Gasteiger partial charge in [0.25, 0.3) is 0 Å². The number of nitrogens with one attached hydrogen (secondary N) is 1. The Labute approximate surface area is 276 Å². The van der Waals surface area contributed by atoms with Gasteiger partial charge in [-0.15, -0.1) is 0 Å². The maximum atomic E-state index is 12.1. The van der Waals surface area contributed by atoms with E-state index in [0.717, 1.165) is 58.6 Å². The monoisotopic (exact) mass is 637 g/mol. The number of carboxylic acid groups (broad SMARTS) is 1. The SMILES string of the molecule is CN(CCc1ccccn1)C[C@@H]1C[C@H](c2ccc(CO)cc2)O[C@H](c2ccc(-c3cccc(CNC(=O)CCCC(=O)O)c3)cc2)O1. The number of carbonyl (C=O) groups excluding carboxylic acids is 1. The summed E-state index contributed by atoms with van der Waals surface area (Å²) >= 11 is 0. The molecule has 0 saturated carbocycles. The predicted octanol–water partition coefficient (Wildman–Crippen LogP) is 5.83. The number of benzene rings is 3. The minimum Gasteiger partial charge on any atom is -0.481 e. The van der Waals surface area contributed by atoms with Crippen LogP contribution in [0.2, 0.25) is 0 Å². The summed E-state index contributed by atoms with van der Waals surface area (Å²) in [6, 6.07) is 30.1. The van der Waals surface area contributed by atoms with E-state index >= 15 is 0 Å². The van der Waals surface area contributed by atoms with Crippen LogP contribution in [0.25, 0.3) is 11.1 Å². The van der Waals surface area contributed by atoms with Crippen molar-refractivity contribution in [3.63, 3.8) is 0 Å². The highest BCUT2D eigenvalue weighted by Crippen LogP contribution is 2.38. The molecule has 1 aliphatic heterocycles. The van der Waals surface area contributed by atoms with Crippen molar-refractivity contribution in [1.29, 1.82) is 0 Å². The molecule has 0 unspecified atom stereocenters. The molecule has 0 spiro atoms. The molecule has 0 aliphatic carbocycles. The first-order valence-corrected chi connectivity index (χ1v) is 16.1. The molecule has 3 N–H and O–H groups in total. The molecule has 4 aromatic rings. The van der Waals surface area contributed by atoms with E-state index in [2.05, 4.69) is 34.4 Å². The molecule has 246 valence electrons. The molecular weight excluding hydrogens is 594 g/mol. The van der Waals surface area contributed by atoms with Gasteiger partial charge in [0.1, 0.15) is 0 Å². The van der Waals surface area contributed by atoms with E-state index in [1.54, 1.807) is 0 Å². The Bertz CT molecular complexity index is 1580. The Morgan fingerprint density at radius 1 is 0.894 bits per heavy atom. The number of carboxylic acids is 1. The Hall–Kier alpha value is -4.41. The zero-order valence-corrected chi connectivity index (χ0v) is 26.8. The maximum Gasteiger partial charge on any atom is 0.303 e. The smallest absolute Gasteiger partial charge is 0.303 e. The van der Waals surface area contributed by atoms with Crippen LogP contribution in [0.5, 0.6) is 0 Å². The fourth-order valence-corrected chi connectivity index (χ4v) is 5.71. The van der Waals surface area contributed by atoms with Crippen LogP contribution in [0, 0.1) is 0 Å². The molecule has 1 saturated heterocycles. The van der Waals surface area contributed by atoms with Crippen LogP contribution in [0.4, 0.5) is 0 Å². The van der Waals surface area contributed by atoms with E-state index in [0.29, 0.717) is 19.4 Å². The van der Waals surface area contributed by atoms with Gasteiger partial charge in [-0.25, -0.2) is 0 Å². The first kappa shape index (κ1) is 33.9. The number of carbonyl (C=O) groups is 2. The van der Waals surface area contributed by atoms with Gasteiger partial charge in [-0.1, -0.05) is 72.8 Å². The van der Waals surface area contributed by atoms with E-state index in [1.807, 2.05) is 85.1 Å². The largest absolute Gasteiger partial charge is 0.481 e. The van der Waals surface area contributed by atoms with Crippen molar-refractivity contribution in [1.82, 2.24) is 15.2 Å². The van der Waals surface area contributed by atoms with E-state index < -0.39 is 12.3 Å². The highest BCUT2D eigenvalue weighted by atomic mass is 16.7. The molecule has 47 heavy (non-hydrogen) atoms. The third-order valence-electron chi connectivity index (χ3n) is 8.33. The van der Waals surface area contributed by atoms with Gasteiger partial charge in [-0.05, 0) is 59.5 Å². The standard InChI is InChI=1S/C38H43N3O6/c1-41(21-19-33-8-2-3-20-39-33)25-34-23-35(30-13-11-27(26-42)12-14-30)47-38(46-34)31-17-15-29(16-18-31)32-7-4-6-28(22-32)24-40-36(43)9-5-10-37(44)45/h2-4,6-8,11-18,20,22,34-35,38,42H,5,9-10,19,21,23-26H2,1H3,(H,40,43)(H,44,45)/t34-,35+,38+/m0/s1. The van der Waals surface area contributed by atoms with Gasteiger partial charge in [0.2, 0.25) is 5.91 Å². The topological polar surface area (TPSA) is 121 Å². The van der Waals surface area contributed by atoms with Crippen molar-refractivity contribution in [3.8, 4) is 11.1 Å². The number of aromatic nitrogens is 1.